The van der Waals surface area contributed by atoms with Crippen molar-refractivity contribution in [2.24, 2.45) is 7.05 Å². The number of nitrogens with zero attached hydrogens (tertiary/aromatic N) is 3. The number of aromatic nitrogens is 2. The summed E-state index contributed by atoms with van der Waals surface area (Å²) in [6.07, 6.45) is 4.83. The summed E-state index contributed by atoms with van der Waals surface area (Å²) in [5.41, 5.74) is 2.31. The molecule has 0 unspecified atom stereocenters. The minimum atomic E-state index is -0.0121. The molecule has 29 heavy (non-hydrogen) atoms. The van der Waals surface area contributed by atoms with Crippen LogP contribution in [-0.2, 0) is 11.8 Å². The number of carbonyl (C=O) groups excluding carboxylic acids is 1. The van der Waals surface area contributed by atoms with Gasteiger partial charge in [-0.1, -0.05) is 37.9 Å². The van der Waals surface area contributed by atoms with Crippen molar-refractivity contribution in [3.05, 3.63) is 53.3 Å². The van der Waals surface area contributed by atoms with Crippen LogP contribution in [0, 0.1) is 0 Å². The Morgan fingerprint density at radius 3 is 2.66 bits per heavy atom. The molecule has 0 aliphatic carbocycles. The lowest BCUT2D eigenvalue weighted by Crippen LogP contribution is -2.40. The number of nitrogens with one attached hydrogen (secondary N) is 1. The van der Waals surface area contributed by atoms with E-state index in [1.807, 2.05) is 53.0 Å². The summed E-state index contributed by atoms with van der Waals surface area (Å²) >= 11 is 6.06. The van der Waals surface area contributed by atoms with Crippen LogP contribution in [-0.4, -0.2) is 46.7 Å². The predicted octanol–water partition coefficient (Wildman–Crippen LogP) is 4.86. The number of morpholine rings is 1. The summed E-state index contributed by atoms with van der Waals surface area (Å²) in [7, 11) is 1.93. The number of fused-ring (bicyclic) bond motifs is 1. The third kappa shape index (κ3) is 4.89. The lowest BCUT2D eigenvalue weighted by atomic mass is 10.1. The third-order valence-electron chi connectivity index (χ3n) is 4.52. The fourth-order valence-electron chi connectivity index (χ4n) is 3.21. The number of aryl methyl sites for hydroxylation is 1. The van der Waals surface area contributed by atoms with Crippen LogP contribution in [0.25, 0.3) is 10.9 Å². The Kier molecular flexibility index (Phi) is 7.12. The number of anilines is 2. The molecule has 1 aliphatic heterocycles. The van der Waals surface area contributed by atoms with E-state index >= 15 is 0 Å². The van der Waals surface area contributed by atoms with Crippen molar-refractivity contribution < 1.29 is 9.53 Å². The summed E-state index contributed by atoms with van der Waals surface area (Å²) in [5, 5.41) is 4.84. The van der Waals surface area contributed by atoms with Crippen LogP contribution in [0.15, 0.2) is 42.7 Å². The minimum Gasteiger partial charge on any atom is -0.378 e. The quantitative estimate of drug-likeness (QED) is 0.664. The molecular weight excluding hydrogens is 388 g/mol. The smallest absolute Gasteiger partial charge is 0.257 e. The number of halogens is 1. The number of rotatable bonds is 3. The number of pyridine rings is 1. The number of carbonyl (C=O) groups is 1. The first-order chi connectivity index (χ1) is 14.0. The van der Waals surface area contributed by atoms with Gasteiger partial charge in [-0.25, -0.2) is 4.98 Å². The van der Waals surface area contributed by atoms with Gasteiger partial charge in [0, 0.05) is 48.6 Å². The number of hydrogen-bond acceptors (Lipinski definition) is 4. The molecule has 1 saturated heterocycles. The summed E-state index contributed by atoms with van der Waals surface area (Å²) < 4.78 is 7.29. The van der Waals surface area contributed by atoms with E-state index in [1.54, 1.807) is 6.20 Å². The molecule has 6 nitrogen and oxygen atoms in total. The summed E-state index contributed by atoms with van der Waals surface area (Å²) in [6.45, 7) is 6.61. The van der Waals surface area contributed by atoms with Gasteiger partial charge in [0.05, 0.1) is 24.3 Å². The Labute approximate surface area is 176 Å². The average Bonchev–Trinajstić information content (AvgIpc) is 3.11. The van der Waals surface area contributed by atoms with E-state index in [-0.39, 0.29) is 5.91 Å². The molecule has 0 spiro atoms. The maximum Gasteiger partial charge on any atom is 0.257 e. The normalized spacial score (nSPS) is 13.7. The van der Waals surface area contributed by atoms with E-state index in [4.69, 9.17) is 16.3 Å². The zero-order chi connectivity index (χ0) is 20.8. The molecule has 1 aromatic carbocycles. The van der Waals surface area contributed by atoms with Crippen LogP contribution < -0.4 is 5.32 Å². The molecule has 1 N–H and O–H groups in total. The highest BCUT2D eigenvalue weighted by Gasteiger charge is 2.23. The van der Waals surface area contributed by atoms with Crippen molar-refractivity contribution in [2.75, 3.05) is 31.6 Å². The molecule has 154 valence electrons. The predicted molar refractivity (Wildman–Crippen MR) is 118 cm³/mol. The SMILES string of the molecule is CCC.Cn1ccc2c(Nc3cccc(Cl)c3)ncc(C(=O)N3CCOCC3)c21. The van der Waals surface area contributed by atoms with Gasteiger partial charge in [0.25, 0.3) is 5.91 Å². The largest absolute Gasteiger partial charge is 0.378 e. The lowest BCUT2D eigenvalue weighted by molar-refractivity contribution is 0.0303. The Morgan fingerprint density at radius 1 is 1.24 bits per heavy atom. The molecule has 0 radical (unpaired) electrons. The highest BCUT2D eigenvalue weighted by Crippen LogP contribution is 2.29. The van der Waals surface area contributed by atoms with E-state index in [0.717, 1.165) is 16.6 Å². The van der Waals surface area contributed by atoms with Crippen molar-refractivity contribution in [3.8, 4) is 0 Å². The Bertz CT molecular complexity index is 980. The van der Waals surface area contributed by atoms with Gasteiger partial charge in [-0.3, -0.25) is 4.79 Å². The summed E-state index contributed by atoms with van der Waals surface area (Å²) in [4.78, 5) is 19.3. The van der Waals surface area contributed by atoms with E-state index in [9.17, 15) is 4.79 Å². The fraction of sp³-hybridized carbons (Fsp3) is 0.364. The molecule has 3 aromatic rings. The van der Waals surface area contributed by atoms with E-state index in [1.165, 1.54) is 6.42 Å². The van der Waals surface area contributed by atoms with Gasteiger partial charge in [0.15, 0.2) is 0 Å². The summed E-state index contributed by atoms with van der Waals surface area (Å²) in [6, 6.07) is 9.43. The monoisotopic (exact) mass is 414 g/mol. The second-order valence-electron chi connectivity index (χ2n) is 6.96. The molecule has 7 heteroatoms. The Morgan fingerprint density at radius 2 is 1.97 bits per heavy atom. The molecule has 2 aromatic heterocycles. The zero-order valence-corrected chi connectivity index (χ0v) is 17.9. The average molecular weight is 415 g/mol. The molecule has 1 aliphatic rings. The maximum atomic E-state index is 13.0. The molecule has 1 fully saturated rings. The maximum absolute atomic E-state index is 13.0. The van der Waals surface area contributed by atoms with Gasteiger partial charge >= 0.3 is 0 Å². The van der Waals surface area contributed by atoms with Crippen LogP contribution >= 0.6 is 11.6 Å². The summed E-state index contributed by atoms with van der Waals surface area (Å²) in [5.74, 6) is 0.684. The molecule has 0 atom stereocenters. The van der Waals surface area contributed by atoms with E-state index in [0.29, 0.717) is 42.7 Å². The topological polar surface area (TPSA) is 59.4 Å². The third-order valence-corrected chi connectivity index (χ3v) is 4.76. The van der Waals surface area contributed by atoms with Crippen molar-refractivity contribution >= 4 is 39.9 Å². The van der Waals surface area contributed by atoms with Crippen molar-refractivity contribution in [1.82, 2.24) is 14.5 Å². The molecule has 1 amide bonds. The van der Waals surface area contributed by atoms with Gasteiger partial charge in [0.2, 0.25) is 0 Å². The Hall–Kier alpha value is -2.57. The molecule has 3 heterocycles. The van der Waals surface area contributed by atoms with Gasteiger partial charge in [0.1, 0.15) is 5.82 Å². The zero-order valence-electron chi connectivity index (χ0n) is 17.1. The van der Waals surface area contributed by atoms with Crippen molar-refractivity contribution in [3.63, 3.8) is 0 Å². The second-order valence-corrected chi connectivity index (χ2v) is 7.39. The van der Waals surface area contributed by atoms with Gasteiger partial charge in [-0.2, -0.15) is 0 Å². The number of ether oxygens (including phenoxy) is 1. The first kappa shape index (κ1) is 21.1. The van der Waals surface area contributed by atoms with Crippen LogP contribution in [0.4, 0.5) is 11.5 Å². The standard InChI is InChI=1S/C19H19ClN4O2.C3H8/c1-23-6-5-15-17(23)16(19(25)24-7-9-26-10-8-24)12-21-18(15)22-14-4-2-3-13(20)11-14;1-3-2/h2-6,11-12H,7-10H2,1H3,(H,21,22);3H2,1-2H3. The second kappa shape index (κ2) is 9.76. The molecular formula is C22H27ClN4O2. The first-order valence-electron chi connectivity index (χ1n) is 9.88. The number of amides is 1. The fourth-order valence-corrected chi connectivity index (χ4v) is 3.40. The lowest BCUT2D eigenvalue weighted by Gasteiger charge is -2.27. The van der Waals surface area contributed by atoms with Crippen LogP contribution in [0.3, 0.4) is 0 Å². The van der Waals surface area contributed by atoms with Crippen LogP contribution in [0.2, 0.25) is 5.02 Å². The molecule has 0 saturated carbocycles. The van der Waals surface area contributed by atoms with Crippen LogP contribution in [0.1, 0.15) is 30.6 Å². The highest BCUT2D eigenvalue weighted by atomic mass is 35.5. The number of hydrogen-bond donors (Lipinski definition) is 1. The van der Waals surface area contributed by atoms with Gasteiger partial charge in [-0.05, 0) is 24.3 Å². The van der Waals surface area contributed by atoms with E-state index in [2.05, 4.69) is 24.1 Å². The van der Waals surface area contributed by atoms with E-state index < -0.39 is 0 Å². The minimum absolute atomic E-state index is 0.0121. The van der Waals surface area contributed by atoms with Crippen molar-refractivity contribution in [1.29, 1.82) is 0 Å². The Balaban J connectivity index is 0.000000755. The van der Waals surface area contributed by atoms with Gasteiger partial charge < -0.3 is 19.5 Å². The molecule has 4 rings (SSSR count). The first-order valence-corrected chi connectivity index (χ1v) is 10.3. The van der Waals surface area contributed by atoms with Gasteiger partial charge in [-0.15, -0.1) is 0 Å². The highest BCUT2D eigenvalue weighted by molar-refractivity contribution is 6.30. The van der Waals surface area contributed by atoms with Crippen molar-refractivity contribution in [2.45, 2.75) is 20.3 Å². The molecule has 0 bridgehead atoms. The van der Waals surface area contributed by atoms with Crippen LogP contribution in [0.5, 0.6) is 0 Å². The number of benzene rings is 1.